The van der Waals surface area contributed by atoms with Gasteiger partial charge in [-0.15, -0.1) is 0 Å². The first-order valence-corrected chi connectivity index (χ1v) is 4.11. The van der Waals surface area contributed by atoms with Gasteiger partial charge in [-0.2, -0.15) is 0 Å². The van der Waals surface area contributed by atoms with Gasteiger partial charge in [0, 0.05) is 12.3 Å². The molecule has 1 rings (SSSR count). The van der Waals surface area contributed by atoms with E-state index in [4.69, 9.17) is 9.84 Å². The number of ether oxygens (including phenoxy) is 1. The molecule has 0 aromatic carbocycles. The average molecular weight is 193 g/mol. The predicted molar refractivity (Wildman–Crippen MR) is 51.1 cm³/mol. The van der Waals surface area contributed by atoms with Crippen molar-refractivity contribution >= 4 is 5.97 Å². The first kappa shape index (κ1) is 10.2. The van der Waals surface area contributed by atoms with E-state index in [1.165, 1.54) is 0 Å². The van der Waals surface area contributed by atoms with Crippen LogP contribution in [0.25, 0.3) is 0 Å². The quantitative estimate of drug-likeness (QED) is 0.736. The maximum atomic E-state index is 10.3. The number of carbonyl (C=O) groups is 1. The number of rotatable bonds is 4. The molecule has 0 fully saturated rings. The summed E-state index contributed by atoms with van der Waals surface area (Å²) in [6.07, 6.45) is 4.34. The SMILES string of the molecule is CC(=CC(=O)O)COc1cccnc1. The highest BCUT2D eigenvalue weighted by molar-refractivity contribution is 5.80. The number of pyridine rings is 1. The summed E-state index contributed by atoms with van der Waals surface area (Å²) in [6, 6.07) is 3.52. The minimum absolute atomic E-state index is 0.262. The highest BCUT2D eigenvalue weighted by Crippen LogP contribution is 2.07. The van der Waals surface area contributed by atoms with Crippen LogP contribution in [0.2, 0.25) is 0 Å². The standard InChI is InChI=1S/C10H11NO3/c1-8(5-10(12)13)7-14-9-3-2-4-11-6-9/h2-6H,7H2,1H3,(H,12,13). The molecule has 0 aliphatic heterocycles. The Balaban J connectivity index is 2.45. The van der Waals surface area contributed by atoms with Crippen LogP contribution in [-0.4, -0.2) is 22.7 Å². The number of nitrogens with zero attached hydrogens (tertiary/aromatic N) is 1. The number of aliphatic carboxylic acids is 1. The van der Waals surface area contributed by atoms with E-state index >= 15 is 0 Å². The molecule has 1 N–H and O–H groups in total. The summed E-state index contributed by atoms with van der Waals surface area (Å²) >= 11 is 0. The van der Waals surface area contributed by atoms with E-state index in [0.717, 1.165) is 6.08 Å². The van der Waals surface area contributed by atoms with Gasteiger partial charge in [-0.1, -0.05) is 0 Å². The van der Waals surface area contributed by atoms with E-state index in [1.54, 1.807) is 31.5 Å². The van der Waals surface area contributed by atoms with Crippen molar-refractivity contribution in [3.63, 3.8) is 0 Å². The molecular formula is C10H11NO3. The third-order valence-corrected chi connectivity index (χ3v) is 1.47. The zero-order valence-electron chi connectivity index (χ0n) is 7.80. The van der Waals surface area contributed by atoms with Gasteiger partial charge in [0.2, 0.25) is 0 Å². The second-order valence-electron chi connectivity index (χ2n) is 2.81. The van der Waals surface area contributed by atoms with Gasteiger partial charge in [0.05, 0.1) is 6.20 Å². The number of carboxylic acids is 1. The summed E-state index contributed by atoms with van der Waals surface area (Å²) in [5.74, 6) is -0.331. The first-order chi connectivity index (χ1) is 6.68. The van der Waals surface area contributed by atoms with Crippen molar-refractivity contribution in [1.29, 1.82) is 0 Å². The third-order valence-electron chi connectivity index (χ3n) is 1.47. The molecule has 0 radical (unpaired) electrons. The fourth-order valence-electron chi connectivity index (χ4n) is 0.882. The van der Waals surface area contributed by atoms with Crippen molar-refractivity contribution in [2.45, 2.75) is 6.92 Å². The molecule has 14 heavy (non-hydrogen) atoms. The summed E-state index contributed by atoms with van der Waals surface area (Å²) in [7, 11) is 0. The molecule has 0 saturated carbocycles. The zero-order chi connectivity index (χ0) is 10.4. The maximum absolute atomic E-state index is 10.3. The second-order valence-corrected chi connectivity index (χ2v) is 2.81. The molecule has 1 aromatic rings. The Morgan fingerprint density at radius 2 is 2.50 bits per heavy atom. The van der Waals surface area contributed by atoms with Crippen LogP contribution in [0.1, 0.15) is 6.92 Å². The molecule has 74 valence electrons. The molecule has 1 heterocycles. The van der Waals surface area contributed by atoms with E-state index in [0.29, 0.717) is 11.3 Å². The lowest BCUT2D eigenvalue weighted by molar-refractivity contribution is -0.131. The summed E-state index contributed by atoms with van der Waals surface area (Å²) < 4.78 is 5.27. The molecule has 0 aliphatic rings. The lowest BCUT2D eigenvalue weighted by atomic mass is 10.3. The van der Waals surface area contributed by atoms with Crippen molar-refractivity contribution in [2.75, 3.05) is 6.61 Å². The van der Waals surface area contributed by atoms with Crippen LogP contribution in [-0.2, 0) is 4.79 Å². The van der Waals surface area contributed by atoms with Crippen LogP contribution >= 0.6 is 0 Å². The molecule has 0 spiro atoms. The Kier molecular flexibility index (Phi) is 3.67. The topological polar surface area (TPSA) is 59.4 Å². The third kappa shape index (κ3) is 3.71. The van der Waals surface area contributed by atoms with Gasteiger partial charge < -0.3 is 9.84 Å². The van der Waals surface area contributed by atoms with Crippen LogP contribution in [0, 0.1) is 0 Å². The van der Waals surface area contributed by atoms with Gasteiger partial charge in [0.15, 0.2) is 0 Å². The number of hydrogen-bond acceptors (Lipinski definition) is 3. The largest absolute Gasteiger partial charge is 0.488 e. The number of carboxylic acid groups (broad SMARTS) is 1. The lowest BCUT2D eigenvalue weighted by Gasteiger charge is -2.04. The molecule has 4 nitrogen and oxygen atoms in total. The monoisotopic (exact) mass is 193 g/mol. The fraction of sp³-hybridized carbons (Fsp3) is 0.200. The molecule has 0 atom stereocenters. The Bertz CT molecular complexity index is 332. The Morgan fingerprint density at radius 1 is 1.71 bits per heavy atom. The van der Waals surface area contributed by atoms with Crippen LogP contribution < -0.4 is 4.74 Å². The van der Waals surface area contributed by atoms with Crippen LogP contribution in [0.5, 0.6) is 5.75 Å². The number of aromatic nitrogens is 1. The summed E-state index contributed by atoms with van der Waals surface area (Å²) in [6.45, 7) is 1.96. The Labute approximate surface area is 81.9 Å². The molecule has 4 heteroatoms. The zero-order valence-corrected chi connectivity index (χ0v) is 7.80. The average Bonchev–Trinajstić information content (AvgIpc) is 2.15. The maximum Gasteiger partial charge on any atom is 0.328 e. The van der Waals surface area contributed by atoms with Crippen molar-refractivity contribution < 1.29 is 14.6 Å². The summed E-state index contributed by atoms with van der Waals surface area (Å²) in [5, 5.41) is 8.44. The van der Waals surface area contributed by atoms with E-state index < -0.39 is 5.97 Å². The molecule has 0 aliphatic carbocycles. The highest BCUT2D eigenvalue weighted by Gasteiger charge is 1.96. The van der Waals surface area contributed by atoms with Gasteiger partial charge in [0.1, 0.15) is 12.4 Å². The Morgan fingerprint density at radius 3 is 3.07 bits per heavy atom. The second kappa shape index (κ2) is 5.01. The number of hydrogen-bond donors (Lipinski definition) is 1. The Hall–Kier alpha value is -1.84. The molecule has 0 bridgehead atoms. The van der Waals surface area contributed by atoms with E-state index in [2.05, 4.69) is 4.98 Å². The van der Waals surface area contributed by atoms with Gasteiger partial charge >= 0.3 is 5.97 Å². The molecular weight excluding hydrogens is 182 g/mol. The van der Waals surface area contributed by atoms with Gasteiger partial charge in [0.25, 0.3) is 0 Å². The lowest BCUT2D eigenvalue weighted by Crippen LogP contribution is -2.01. The molecule has 0 amide bonds. The predicted octanol–water partition coefficient (Wildman–Crippen LogP) is 1.49. The van der Waals surface area contributed by atoms with Crippen molar-refractivity contribution in [3.8, 4) is 5.75 Å². The van der Waals surface area contributed by atoms with Gasteiger partial charge in [-0.25, -0.2) is 4.79 Å². The van der Waals surface area contributed by atoms with Crippen LogP contribution in [0.3, 0.4) is 0 Å². The first-order valence-electron chi connectivity index (χ1n) is 4.11. The van der Waals surface area contributed by atoms with E-state index in [-0.39, 0.29) is 6.61 Å². The van der Waals surface area contributed by atoms with Crippen molar-refractivity contribution in [1.82, 2.24) is 4.98 Å². The summed E-state index contributed by atoms with van der Waals surface area (Å²) in [5.41, 5.74) is 0.654. The van der Waals surface area contributed by atoms with Crippen LogP contribution in [0.4, 0.5) is 0 Å². The van der Waals surface area contributed by atoms with Gasteiger partial charge in [-0.05, 0) is 24.6 Å². The molecule has 0 unspecified atom stereocenters. The minimum Gasteiger partial charge on any atom is -0.488 e. The minimum atomic E-state index is -0.961. The molecule has 0 saturated heterocycles. The fourth-order valence-corrected chi connectivity index (χ4v) is 0.882. The van der Waals surface area contributed by atoms with E-state index in [9.17, 15) is 4.79 Å². The summed E-state index contributed by atoms with van der Waals surface area (Å²) in [4.78, 5) is 14.1. The smallest absolute Gasteiger partial charge is 0.328 e. The normalized spacial score (nSPS) is 11.1. The highest BCUT2D eigenvalue weighted by atomic mass is 16.5. The molecule has 1 aromatic heterocycles. The van der Waals surface area contributed by atoms with Crippen molar-refractivity contribution in [3.05, 3.63) is 36.2 Å². The van der Waals surface area contributed by atoms with Crippen LogP contribution in [0.15, 0.2) is 36.2 Å². The van der Waals surface area contributed by atoms with E-state index in [1.807, 2.05) is 0 Å². The van der Waals surface area contributed by atoms with Crippen molar-refractivity contribution in [2.24, 2.45) is 0 Å². The van der Waals surface area contributed by atoms with Gasteiger partial charge in [-0.3, -0.25) is 4.98 Å².